The highest BCUT2D eigenvalue weighted by Gasteiger charge is 2.22. The molecule has 29 heavy (non-hydrogen) atoms. The fourth-order valence-electron chi connectivity index (χ4n) is 3.41. The van der Waals surface area contributed by atoms with Crippen molar-refractivity contribution in [3.05, 3.63) is 59.0 Å². The van der Waals surface area contributed by atoms with Gasteiger partial charge in [0.2, 0.25) is 0 Å². The van der Waals surface area contributed by atoms with Gasteiger partial charge in [0, 0.05) is 23.4 Å². The van der Waals surface area contributed by atoms with Crippen LogP contribution in [-0.4, -0.2) is 31.7 Å². The van der Waals surface area contributed by atoms with E-state index < -0.39 is 0 Å². The number of hydrogen-bond donors (Lipinski definition) is 0. The maximum Gasteiger partial charge on any atom is 0.268 e. The van der Waals surface area contributed by atoms with Crippen LogP contribution < -0.4 is 14.4 Å². The largest absolute Gasteiger partial charge is 0.497 e. The van der Waals surface area contributed by atoms with E-state index >= 15 is 0 Å². The molecule has 2 aromatic carbocycles. The second-order valence-corrected chi connectivity index (χ2v) is 7.81. The molecule has 0 atom stereocenters. The van der Waals surface area contributed by atoms with Crippen LogP contribution in [-0.2, 0) is 0 Å². The Morgan fingerprint density at radius 3 is 2.59 bits per heavy atom. The minimum Gasteiger partial charge on any atom is -0.497 e. The van der Waals surface area contributed by atoms with Crippen LogP contribution in [0.3, 0.4) is 0 Å². The molecule has 0 saturated heterocycles. The Labute approximate surface area is 173 Å². The van der Waals surface area contributed by atoms with Crippen molar-refractivity contribution in [2.45, 2.75) is 13.8 Å². The summed E-state index contributed by atoms with van der Waals surface area (Å²) in [5, 5.41) is 2.05. The summed E-state index contributed by atoms with van der Waals surface area (Å²) < 4.78 is 10.8. The number of carbonyl (C=O) groups is 1. The lowest BCUT2D eigenvalue weighted by atomic mass is 10.1. The third-order valence-corrected chi connectivity index (χ3v) is 5.94. The lowest BCUT2D eigenvalue weighted by Gasteiger charge is -2.23. The first-order valence-electron chi connectivity index (χ1n) is 9.39. The molecule has 5 nitrogen and oxygen atoms in total. The lowest BCUT2D eigenvalue weighted by molar-refractivity contribution is 0.0991. The van der Waals surface area contributed by atoms with Crippen molar-refractivity contribution >= 4 is 44.1 Å². The Hall–Kier alpha value is -3.12. The molecule has 6 heteroatoms. The Bertz CT molecular complexity index is 1220. The summed E-state index contributed by atoms with van der Waals surface area (Å²) >= 11 is 1.41. The smallest absolute Gasteiger partial charge is 0.268 e. The minimum absolute atomic E-state index is 0.0812. The van der Waals surface area contributed by atoms with E-state index in [0.29, 0.717) is 28.6 Å². The van der Waals surface area contributed by atoms with Gasteiger partial charge >= 0.3 is 0 Å². The first kappa shape index (κ1) is 19.2. The molecule has 0 fully saturated rings. The lowest BCUT2D eigenvalue weighted by Crippen LogP contribution is -2.30. The van der Waals surface area contributed by atoms with E-state index in [1.807, 2.05) is 31.2 Å². The van der Waals surface area contributed by atoms with Gasteiger partial charge in [-0.05, 0) is 49.7 Å². The van der Waals surface area contributed by atoms with Crippen molar-refractivity contribution in [2.75, 3.05) is 25.7 Å². The average Bonchev–Trinajstić information content (AvgIpc) is 3.15. The number of nitrogens with zero attached hydrogens (tertiary/aromatic N) is 2. The summed E-state index contributed by atoms with van der Waals surface area (Å²) in [6.45, 7) is 4.50. The summed E-state index contributed by atoms with van der Waals surface area (Å²) in [4.78, 5) is 21.3. The molecule has 0 aliphatic rings. The van der Waals surface area contributed by atoms with E-state index in [-0.39, 0.29) is 5.91 Å². The zero-order chi connectivity index (χ0) is 20.5. The molecule has 0 bridgehead atoms. The Morgan fingerprint density at radius 2 is 1.86 bits per heavy atom. The summed E-state index contributed by atoms with van der Waals surface area (Å²) in [5.41, 5.74) is 2.80. The van der Waals surface area contributed by atoms with Crippen molar-refractivity contribution in [1.29, 1.82) is 0 Å². The highest BCUT2D eigenvalue weighted by Crippen LogP contribution is 2.35. The highest BCUT2D eigenvalue weighted by atomic mass is 32.1. The second kappa shape index (κ2) is 7.72. The average molecular weight is 407 g/mol. The molecule has 4 aromatic rings. The SMILES string of the molecule is CCN(C(=O)c1cc2cc3ccc(C)cc3nc2s1)c1cc(OC)ccc1OC. The van der Waals surface area contributed by atoms with Gasteiger partial charge in [-0.2, -0.15) is 0 Å². The van der Waals surface area contributed by atoms with Gasteiger partial charge in [-0.1, -0.05) is 12.1 Å². The van der Waals surface area contributed by atoms with Crippen LogP contribution in [0.5, 0.6) is 11.5 Å². The maximum atomic E-state index is 13.4. The predicted octanol–water partition coefficient (Wildman–Crippen LogP) is 5.44. The number of aryl methyl sites for hydroxylation is 1. The molecule has 1 amide bonds. The molecular weight excluding hydrogens is 384 g/mol. The number of anilines is 1. The molecule has 0 aliphatic carbocycles. The monoisotopic (exact) mass is 406 g/mol. The van der Waals surface area contributed by atoms with Gasteiger partial charge in [0.1, 0.15) is 16.3 Å². The maximum absolute atomic E-state index is 13.4. The summed E-state index contributed by atoms with van der Waals surface area (Å²) in [5.74, 6) is 1.22. The number of rotatable bonds is 5. The van der Waals surface area contributed by atoms with Gasteiger partial charge in [0.05, 0.1) is 30.3 Å². The van der Waals surface area contributed by atoms with E-state index in [1.165, 1.54) is 16.9 Å². The molecule has 0 unspecified atom stereocenters. The fourth-order valence-corrected chi connectivity index (χ4v) is 4.38. The first-order valence-corrected chi connectivity index (χ1v) is 10.2. The van der Waals surface area contributed by atoms with Crippen molar-refractivity contribution in [3.8, 4) is 11.5 Å². The van der Waals surface area contributed by atoms with Crippen molar-refractivity contribution in [2.24, 2.45) is 0 Å². The van der Waals surface area contributed by atoms with Gasteiger partial charge < -0.3 is 14.4 Å². The number of pyridine rings is 1. The zero-order valence-electron chi connectivity index (χ0n) is 16.9. The molecule has 148 valence electrons. The number of ether oxygens (including phenoxy) is 2. The van der Waals surface area contributed by atoms with Crippen molar-refractivity contribution in [3.63, 3.8) is 0 Å². The molecule has 2 aromatic heterocycles. The van der Waals surface area contributed by atoms with Crippen molar-refractivity contribution < 1.29 is 14.3 Å². The molecule has 2 heterocycles. The quantitative estimate of drug-likeness (QED) is 0.443. The molecule has 0 N–H and O–H groups in total. The van der Waals surface area contributed by atoms with Gasteiger partial charge in [-0.15, -0.1) is 11.3 Å². The van der Waals surface area contributed by atoms with Crippen LogP contribution in [0.2, 0.25) is 0 Å². The van der Waals surface area contributed by atoms with E-state index in [4.69, 9.17) is 14.5 Å². The van der Waals surface area contributed by atoms with Gasteiger partial charge in [-0.25, -0.2) is 4.98 Å². The summed E-state index contributed by atoms with van der Waals surface area (Å²) in [6.07, 6.45) is 0. The van der Waals surface area contributed by atoms with Gasteiger partial charge in [-0.3, -0.25) is 4.79 Å². The molecule has 4 rings (SSSR count). The number of benzene rings is 2. The van der Waals surface area contributed by atoms with Crippen LogP contribution >= 0.6 is 11.3 Å². The van der Waals surface area contributed by atoms with Crippen LogP contribution in [0.15, 0.2) is 48.5 Å². The van der Waals surface area contributed by atoms with Crippen molar-refractivity contribution in [1.82, 2.24) is 4.98 Å². The zero-order valence-corrected chi connectivity index (χ0v) is 17.7. The van der Waals surface area contributed by atoms with Crippen LogP contribution in [0.25, 0.3) is 21.1 Å². The van der Waals surface area contributed by atoms with Crippen LogP contribution in [0, 0.1) is 6.92 Å². The standard InChI is InChI=1S/C23H22N2O3S/c1-5-25(19-13-17(27-3)8-9-20(19)28-4)23(26)21-12-16-11-15-7-6-14(2)10-18(15)24-22(16)29-21/h6-13H,5H2,1-4H3. The number of methoxy groups -OCH3 is 2. The minimum atomic E-state index is -0.0812. The summed E-state index contributed by atoms with van der Waals surface area (Å²) in [6, 6.07) is 15.7. The normalized spacial score (nSPS) is 11.0. The number of carbonyl (C=O) groups excluding carboxylic acids is 1. The second-order valence-electron chi connectivity index (χ2n) is 6.78. The third-order valence-electron chi connectivity index (χ3n) is 4.91. The number of aromatic nitrogens is 1. The number of amides is 1. The van der Waals surface area contributed by atoms with E-state index in [1.54, 1.807) is 19.1 Å². The Balaban J connectivity index is 1.78. The van der Waals surface area contributed by atoms with E-state index in [0.717, 1.165) is 21.1 Å². The first-order chi connectivity index (χ1) is 14.0. The van der Waals surface area contributed by atoms with E-state index in [2.05, 4.69) is 31.2 Å². The Morgan fingerprint density at radius 1 is 1.03 bits per heavy atom. The van der Waals surface area contributed by atoms with Gasteiger partial charge in [0.25, 0.3) is 5.91 Å². The molecule has 0 saturated carbocycles. The van der Waals surface area contributed by atoms with Gasteiger partial charge in [0.15, 0.2) is 0 Å². The number of thiophene rings is 1. The molecular formula is C23H22N2O3S. The topological polar surface area (TPSA) is 51.7 Å². The molecule has 0 radical (unpaired) electrons. The Kier molecular flexibility index (Phi) is 5.11. The van der Waals surface area contributed by atoms with Crippen LogP contribution in [0.4, 0.5) is 5.69 Å². The number of fused-ring (bicyclic) bond motifs is 2. The third kappa shape index (κ3) is 3.51. The number of hydrogen-bond acceptors (Lipinski definition) is 5. The molecule has 0 aliphatic heterocycles. The van der Waals surface area contributed by atoms with E-state index in [9.17, 15) is 4.79 Å². The molecule has 0 spiro atoms. The van der Waals surface area contributed by atoms with Crippen LogP contribution in [0.1, 0.15) is 22.2 Å². The summed E-state index contributed by atoms with van der Waals surface area (Å²) in [7, 11) is 3.20. The highest BCUT2D eigenvalue weighted by molar-refractivity contribution is 7.20. The predicted molar refractivity (Wildman–Crippen MR) is 119 cm³/mol. The fraction of sp³-hybridized carbons (Fsp3) is 0.217.